The van der Waals surface area contributed by atoms with Crippen molar-refractivity contribution in [2.75, 3.05) is 19.0 Å². The average Bonchev–Trinajstić information content (AvgIpc) is 2.78. The van der Waals surface area contributed by atoms with Gasteiger partial charge in [-0.15, -0.1) is 11.6 Å². The van der Waals surface area contributed by atoms with Crippen molar-refractivity contribution in [2.45, 2.75) is 13.0 Å². The zero-order chi connectivity index (χ0) is 13.1. The number of ether oxygens (including phenoxy) is 1. The number of carboxylic acid groups (broad SMARTS) is 1. The quantitative estimate of drug-likeness (QED) is 0.796. The summed E-state index contributed by atoms with van der Waals surface area (Å²) in [6, 6.07) is 0. The molecular formula is C10H12ClN3O4. The van der Waals surface area contributed by atoms with Crippen molar-refractivity contribution in [3.05, 3.63) is 17.0 Å². The molecule has 0 radical (unpaired) electrons. The Labute approximate surface area is 108 Å². The maximum atomic E-state index is 11.6. The number of carbonyl (C=O) groups excluding carboxylic acids is 1. The first-order chi connectivity index (χ1) is 8.63. The Hall–Kier alpha value is -1.76. The van der Waals surface area contributed by atoms with E-state index < -0.39 is 12.1 Å². The van der Waals surface area contributed by atoms with Crippen molar-refractivity contribution >= 4 is 23.7 Å². The average molecular weight is 274 g/mol. The number of amides is 1. The Morgan fingerprint density at radius 2 is 2.33 bits per heavy atom. The molecule has 18 heavy (non-hydrogen) atoms. The maximum absolute atomic E-state index is 11.6. The van der Waals surface area contributed by atoms with E-state index in [1.54, 1.807) is 0 Å². The zero-order valence-electron chi connectivity index (χ0n) is 9.48. The van der Waals surface area contributed by atoms with Crippen molar-refractivity contribution < 1.29 is 19.4 Å². The number of H-pyrrole nitrogens is 1. The minimum atomic E-state index is -1.11. The standard InChI is InChI=1S/C10H12ClN3O4/c11-2-4-18-10(17)14-3-1-7-6(5-14)8(9(15)16)13-12-7/h1-5H2,(H,12,13)(H,15,16). The Bertz CT molecular complexity index is 474. The predicted octanol–water partition coefficient (Wildman–Crippen LogP) is 0.841. The van der Waals surface area contributed by atoms with Crippen LogP contribution in [-0.2, 0) is 17.7 Å². The third-order valence-corrected chi connectivity index (χ3v) is 2.85. The molecule has 0 saturated heterocycles. The Morgan fingerprint density at radius 1 is 1.56 bits per heavy atom. The van der Waals surface area contributed by atoms with Gasteiger partial charge in [0.25, 0.3) is 0 Å². The molecule has 1 aliphatic rings. The predicted molar refractivity (Wildman–Crippen MR) is 61.7 cm³/mol. The third-order valence-electron chi connectivity index (χ3n) is 2.70. The highest BCUT2D eigenvalue weighted by Crippen LogP contribution is 2.20. The van der Waals surface area contributed by atoms with Crippen LogP contribution in [0.25, 0.3) is 0 Å². The number of rotatable bonds is 3. The number of halogens is 1. The molecule has 0 unspecified atom stereocenters. The smallest absolute Gasteiger partial charge is 0.410 e. The molecule has 0 aliphatic carbocycles. The van der Waals surface area contributed by atoms with E-state index in [9.17, 15) is 9.59 Å². The van der Waals surface area contributed by atoms with Gasteiger partial charge in [0.1, 0.15) is 6.61 Å². The number of aromatic carboxylic acids is 1. The van der Waals surface area contributed by atoms with Crippen LogP contribution >= 0.6 is 11.6 Å². The van der Waals surface area contributed by atoms with Crippen molar-refractivity contribution in [1.29, 1.82) is 0 Å². The van der Waals surface area contributed by atoms with E-state index in [4.69, 9.17) is 21.4 Å². The van der Waals surface area contributed by atoms with E-state index in [2.05, 4.69) is 10.2 Å². The first-order valence-corrected chi connectivity index (χ1v) is 5.94. The number of fused-ring (bicyclic) bond motifs is 1. The third kappa shape index (κ3) is 2.40. The van der Waals surface area contributed by atoms with Gasteiger partial charge in [0, 0.05) is 24.2 Å². The van der Waals surface area contributed by atoms with Crippen LogP contribution in [0.15, 0.2) is 0 Å². The van der Waals surface area contributed by atoms with Gasteiger partial charge in [-0.25, -0.2) is 9.59 Å². The molecule has 1 aromatic rings. The second-order valence-electron chi connectivity index (χ2n) is 3.81. The summed E-state index contributed by atoms with van der Waals surface area (Å²) in [5.41, 5.74) is 1.25. The van der Waals surface area contributed by atoms with Crippen molar-refractivity contribution in [2.24, 2.45) is 0 Å². The molecule has 0 bridgehead atoms. The second kappa shape index (κ2) is 5.26. The van der Waals surface area contributed by atoms with E-state index in [-0.39, 0.29) is 24.7 Å². The van der Waals surface area contributed by atoms with E-state index in [1.807, 2.05) is 0 Å². The number of nitrogens with zero attached hydrogens (tertiary/aromatic N) is 2. The SMILES string of the molecule is O=C(O)c1n[nH]c2c1CN(C(=O)OCCCl)CC2. The van der Waals surface area contributed by atoms with E-state index in [0.29, 0.717) is 18.5 Å². The van der Waals surface area contributed by atoms with Gasteiger partial charge in [-0.3, -0.25) is 5.10 Å². The van der Waals surface area contributed by atoms with Crippen molar-refractivity contribution in [3.63, 3.8) is 0 Å². The van der Waals surface area contributed by atoms with Crippen LogP contribution in [0.5, 0.6) is 0 Å². The molecule has 0 atom stereocenters. The summed E-state index contributed by atoms with van der Waals surface area (Å²) >= 11 is 5.43. The van der Waals surface area contributed by atoms with Gasteiger partial charge < -0.3 is 14.7 Å². The molecule has 2 heterocycles. The van der Waals surface area contributed by atoms with Gasteiger partial charge in [-0.2, -0.15) is 5.10 Å². The number of nitrogens with one attached hydrogen (secondary N) is 1. The fourth-order valence-corrected chi connectivity index (χ4v) is 1.92. The minimum absolute atomic E-state index is 0.0418. The van der Waals surface area contributed by atoms with Crippen LogP contribution in [-0.4, -0.2) is 51.3 Å². The number of carbonyl (C=O) groups is 2. The monoisotopic (exact) mass is 273 g/mol. The van der Waals surface area contributed by atoms with Gasteiger partial charge >= 0.3 is 12.1 Å². The molecule has 0 fully saturated rings. The number of hydrogen-bond acceptors (Lipinski definition) is 4. The largest absolute Gasteiger partial charge is 0.476 e. The summed E-state index contributed by atoms with van der Waals surface area (Å²) in [5, 5.41) is 15.4. The van der Waals surface area contributed by atoms with Crippen LogP contribution in [0.4, 0.5) is 4.79 Å². The molecule has 0 aromatic carbocycles. The van der Waals surface area contributed by atoms with Crippen LogP contribution in [0, 0.1) is 0 Å². The molecule has 8 heteroatoms. The molecular weight excluding hydrogens is 262 g/mol. The lowest BCUT2D eigenvalue weighted by Crippen LogP contribution is -2.37. The highest BCUT2D eigenvalue weighted by molar-refractivity contribution is 6.18. The molecule has 0 spiro atoms. The van der Waals surface area contributed by atoms with Gasteiger partial charge in [0.2, 0.25) is 0 Å². The summed E-state index contributed by atoms with van der Waals surface area (Å²) < 4.78 is 4.90. The first kappa shape index (κ1) is 12.7. The maximum Gasteiger partial charge on any atom is 0.410 e. The lowest BCUT2D eigenvalue weighted by molar-refractivity contribution is 0.0684. The Morgan fingerprint density at radius 3 is 3.00 bits per heavy atom. The van der Waals surface area contributed by atoms with Gasteiger partial charge in [-0.05, 0) is 0 Å². The highest BCUT2D eigenvalue weighted by Gasteiger charge is 2.28. The van der Waals surface area contributed by atoms with Gasteiger partial charge in [0.05, 0.1) is 12.4 Å². The summed E-state index contributed by atoms with van der Waals surface area (Å²) in [6.07, 6.45) is 0.0461. The Balaban J connectivity index is 2.11. The molecule has 7 nitrogen and oxygen atoms in total. The lowest BCUT2D eigenvalue weighted by Gasteiger charge is -2.25. The normalized spacial score (nSPS) is 14.2. The fraction of sp³-hybridized carbons (Fsp3) is 0.500. The van der Waals surface area contributed by atoms with Crippen LogP contribution in [0.3, 0.4) is 0 Å². The topological polar surface area (TPSA) is 95.5 Å². The lowest BCUT2D eigenvalue weighted by atomic mass is 10.1. The summed E-state index contributed by atoms with van der Waals surface area (Å²) in [5.74, 6) is -0.875. The van der Waals surface area contributed by atoms with Gasteiger partial charge in [0.15, 0.2) is 5.69 Å². The molecule has 0 saturated carbocycles. The number of carboxylic acids is 1. The second-order valence-corrected chi connectivity index (χ2v) is 4.19. The number of aromatic nitrogens is 2. The molecule has 98 valence electrons. The zero-order valence-corrected chi connectivity index (χ0v) is 10.2. The van der Waals surface area contributed by atoms with Crippen LogP contribution < -0.4 is 0 Å². The van der Waals surface area contributed by atoms with E-state index >= 15 is 0 Å². The molecule has 1 aliphatic heterocycles. The summed E-state index contributed by atoms with van der Waals surface area (Å²) in [4.78, 5) is 24.0. The van der Waals surface area contributed by atoms with E-state index in [0.717, 1.165) is 5.69 Å². The van der Waals surface area contributed by atoms with Crippen LogP contribution in [0.1, 0.15) is 21.7 Å². The number of aromatic amines is 1. The molecule has 1 amide bonds. The fourth-order valence-electron chi connectivity index (χ4n) is 1.84. The first-order valence-electron chi connectivity index (χ1n) is 5.40. The molecule has 2 rings (SSSR count). The van der Waals surface area contributed by atoms with Crippen molar-refractivity contribution in [3.8, 4) is 0 Å². The van der Waals surface area contributed by atoms with E-state index in [1.165, 1.54) is 4.90 Å². The van der Waals surface area contributed by atoms with Crippen LogP contribution in [0.2, 0.25) is 0 Å². The number of alkyl halides is 1. The molecule has 1 aromatic heterocycles. The Kier molecular flexibility index (Phi) is 3.71. The highest BCUT2D eigenvalue weighted by atomic mass is 35.5. The number of hydrogen-bond donors (Lipinski definition) is 2. The van der Waals surface area contributed by atoms with Crippen molar-refractivity contribution in [1.82, 2.24) is 15.1 Å². The molecule has 2 N–H and O–H groups in total. The minimum Gasteiger partial charge on any atom is -0.476 e. The summed E-state index contributed by atoms with van der Waals surface area (Å²) in [6.45, 7) is 0.797. The summed E-state index contributed by atoms with van der Waals surface area (Å²) in [7, 11) is 0. The van der Waals surface area contributed by atoms with Gasteiger partial charge in [-0.1, -0.05) is 0 Å².